The molecule has 0 saturated carbocycles. The summed E-state index contributed by atoms with van der Waals surface area (Å²) in [5.41, 5.74) is 1.98. The van der Waals surface area contributed by atoms with Gasteiger partial charge < -0.3 is 14.4 Å². The molecule has 0 bridgehead atoms. The van der Waals surface area contributed by atoms with Crippen LogP contribution in [0.5, 0.6) is 11.5 Å². The number of nitrogens with zero attached hydrogens (tertiary/aromatic N) is 4. The smallest absolute Gasteiger partial charge is 0.209 e. The van der Waals surface area contributed by atoms with Crippen molar-refractivity contribution in [1.82, 2.24) is 15.2 Å². The summed E-state index contributed by atoms with van der Waals surface area (Å²) in [6, 6.07) is 12.0. The first-order chi connectivity index (χ1) is 12.8. The van der Waals surface area contributed by atoms with Crippen molar-refractivity contribution in [2.24, 2.45) is 0 Å². The molecule has 1 aliphatic heterocycles. The van der Waals surface area contributed by atoms with E-state index < -0.39 is 0 Å². The van der Waals surface area contributed by atoms with Gasteiger partial charge in [-0.15, -0.1) is 10.2 Å². The van der Waals surface area contributed by atoms with Crippen molar-refractivity contribution in [1.29, 1.82) is 0 Å². The molecule has 26 heavy (non-hydrogen) atoms. The van der Waals surface area contributed by atoms with E-state index in [0.29, 0.717) is 0 Å². The number of methoxy groups -OCH3 is 2. The molecule has 4 rings (SSSR count). The van der Waals surface area contributed by atoms with Crippen LogP contribution in [0.4, 0.5) is 5.13 Å². The number of pyridine rings is 1. The van der Waals surface area contributed by atoms with Crippen molar-refractivity contribution in [3.8, 4) is 22.2 Å². The molecule has 0 N–H and O–H groups in total. The Kier molecular flexibility index (Phi) is 4.71. The highest BCUT2D eigenvalue weighted by molar-refractivity contribution is 7.18. The third-order valence-electron chi connectivity index (χ3n) is 4.59. The van der Waals surface area contributed by atoms with Gasteiger partial charge in [-0.3, -0.25) is 4.98 Å². The van der Waals surface area contributed by atoms with Gasteiger partial charge in [0.25, 0.3) is 0 Å². The molecule has 3 aromatic rings. The van der Waals surface area contributed by atoms with E-state index in [1.54, 1.807) is 31.8 Å². The minimum absolute atomic E-state index is 0.199. The molecule has 0 radical (unpaired) electrons. The number of aromatic nitrogens is 3. The Morgan fingerprint density at radius 1 is 1.12 bits per heavy atom. The van der Waals surface area contributed by atoms with E-state index in [0.717, 1.165) is 52.3 Å². The van der Waals surface area contributed by atoms with Crippen molar-refractivity contribution in [2.75, 3.05) is 25.7 Å². The Balaban J connectivity index is 1.67. The van der Waals surface area contributed by atoms with Gasteiger partial charge in [-0.2, -0.15) is 0 Å². The van der Waals surface area contributed by atoms with Crippen LogP contribution in [0.15, 0.2) is 42.6 Å². The molecule has 7 heteroatoms. The maximum Gasteiger partial charge on any atom is 0.209 e. The van der Waals surface area contributed by atoms with Crippen LogP contribution in [0, 0.1) is 0 Å². The van der Waals surface area contributed by atoms with Crippen LogP contribution < -0.4 is 14.4 Å². The van der Waals surface area contributed by atoms with E-state index in [1.807, 2.05) is 30.3 Å². The lowest BCUT2D eigenvalue weighted by Gasteiger charge is -2.25. The molecule has 0 amide bonds. The van der Waals surface area contributed by atoms with Gasteiger partial charge in [0.15, 0.2) is 5.01 Å². The fourth-order valence-electron chi connectivity index (χ4n) is 3.34. The average Bonchev–Trinajstić information content (AvgIpc) is 3.37. The van der Waals surface area contributed by atoms with Gasteiger partial charge in [-0.25, -0.2) is 0 Å². The van der Waals surface area contributed by atoms with Crippen molar-refractivity contribution in [2.45, 2.75) is 18.9 Å². The van der Waals surface area contributed by atoms with Gasteiger partial charge in [0.2, 0.25) is 5.13 Å². The highest BCUT2D eigenvalue weighted by atomic mass is 32.1. The number of hydrogen-bond donors (Lipinski definition) is 0. The molecule has 0 spiro atoms. The maximum atomic E-state index is 5.59. The monoisotopic (exact) mass is 368 g/mol. The molecule has 134 valence electrons. The minimum atomic E-state index is 0.199. The second-order valence-corrected chi connectivity index (χ2v) is 7.02. The van der Waals surface area contributed by atoms with E-state index in [9.17, 15) is 0 Å². The topological polar surface area (TPSA) is 60.4 Å². The third kappa shape index (κ3) is 3.10. The second kappa shape index (κ2) is 7.29. The SMILES string of the molecule is COc1ccc(OC)c([C@H]2CCCN2c2nnc(-c3ccccn3)s2)c1. The van der Waals surface area contributed by atoms with Crippen LogP contribution in [0.2, 0.25) is 0 Å². The number of benzene rings is 1. The summed E-state index contributed by atoms with van der Waals surface area (Å²) in [5, 5.41) is 10.5. The van der Waals surface area contributed by atoms with Crippen LogP contribution in [0.1, 0.15) is 24.4 Å². The normalized spacial score (nSPS) is 16.7. The fraction of sp³-hybridized carbons (Fsp3) is 0.316. The Morgan fingerprint density at radius 2 is 2.04 bits per heavy atom. The molecule has 0 aliphatic carbocycles. The Labute approximate surface area is 156 Å². The molecule has 2 aromatic heterocycles. The van der Waals surface area contributed by atoms with E-state index in [1.165, 1.54) is 0 Å². The Bertz CT molecular complexity index is 884. The van der Waals surface area contributed by atoms with Crippen LogP contribution >= 0.6 is 11.3 Å². The van der Waals surface area contributed by atoms with E-state index in [2.05, 4.69) is 26.1 Å². The van der Waals surface area contributed by atoms with Crippen molar-refractivity contribution < 1.29 is 9.47 Å². The van der Waals surface area contributed by atoms with Gasteiger partial charge in [0, 0.05) is 18.3 Å². The summed E-state index contributed by atoms with van der Waals surface area (Å²) in [5.74, 6) is 1.70. The van der Waals surface area contributed by atoms with Gasteiger partial charge >= 0.3 is 0 Å². The van der Waals surface area contributed by atoms with Gasteiger partial charge in [0.1, 0.15) is 17.2 Å². The van der Waals surface area contributed by atoms with E-state index in [-0.39, 0.29) is 6.04 Å². The largest absolute Gasteiger partial charge is 0.497 e. The minimum Gasteiger partial charge on any atom is -0.497 e. The first kappa shape index (κ1) is 16.8. The van der Waals surface area contributed by atoms with Gasteiger partial charge in [-0.1, -0.05) is 17.4 Å². The summed E-state index contributed by atoms with van der Waals surface area (Å²) in [6.07, 6.45) is 3.92. The molecule has 1 atom stereocenters. The lowest BCUT2D eigenvalue weighted by Crippen LogP contribution is -2.22. The summed E-state index contributed by atoms with van der Waals surface area (Å²) < 4.78 is 11.0. The summed E-state index contributed by atoms with van der Waals surface area (Å²) in [4.78, 5) is 6.68. The van der Waals surface area contributed by atoms with Crippen LogP contribution in [-0.2, 0) is 0 Å². The molecule has 1 fully saturated rings. The Morgan fingerprint density at radius 3 is 2.81 bits per heavy atom. The summed E-state index contributed by atoms with van der Waals surface area (Å²) >= 11 is 1.57. The predicted octanol–water partition coefficient (Wildman–Crippen LogP) is 3.96. The average molecular weight is 368 g/mol. The lowest BCUT2D eigenvalue weighted by atomic mass is 10.0. The van der Waals surface area contributed by atoms with Crippen molar-refractivity contribution in [3.05, 3.63) is 48.2 Å². The highest BCUT2D eigenvalue weighted by Gasteiger charge is 2.31. The summed E-state index contributed by atoms with van der Waals surface area (Å²) in [6.45, 7) is 0.946. The fourth-order valence-corrected chi connectivity index (χ4v) is 4.24. The number of ether oxygens (including phenoxy) is 2. The van der Waals surface area contributed by atoms with Gasteiger partial charge in [0.05, 0.1) is 20.3 Å². The molecule has 1 aromatic carbocycles. The van der Waals surface area contributed by atoms with Crippen LogP contribution in [0.25, 0.3) is 10.7 Å². The summed E-state index contributed by atoms with van der Waals surface area (Å²) in [7, 11) is 3.39. The van der Waals surface area contributed by atoms with Crippen molar-refractivity contribution >= 4 is 16.5 Å². The Hall–Kier alpha value is -2.67. The molecule has 0 unspecified atom stereocenters. The first-order valence-electron chi connectivity index (χ1n) is 8.53. The van der Waals surface area contributed by atoms with Crippen LogP contribution in [0.3, 0.4) is 0 Å². The van der Waals surface area contributed by atoms with E-state index >= 15 is 0 Å². The zero-order chi connectivity index (χ0) is 17.9. The highest BCUT2D eigenvalue weighted by Crippen LogP contribution is 2.42. The first-order valence-corrected chi connectivity index (χ1v) is 9.35. The maximum absolute atomic E-state index is 5.59. The molecule has 1 saturated heterocycles. The number of hydrogen-bond acceptors (Lipinski definition) is 7. The zero-order valence-corrected chi connectivity index (χ0v) is 15.6. The van der Waals surface area contributed by atoms with Crippen molar-refractivity contribution in [3.63, 3.8) is 0 Å². The third-order valence-corrected chi connectivity index (χ3v) is 5.58. The van der Waals surface area contributed by atoms with Crippen LogP contribution in [-0.4, -0.2) is 35.9 Å². The zero-order valence-electron chi connectivity index (χ0n) is 14.8. The second-order valence-electron chi connectivity index (χ2n) is 6.06. The van der Waals surface area contributed by atoms with E-state index in [4.69, 9.17) is 9.47 Å². The molecule has 3 heterocycles. The lowest BCUT2D eigenvalue weighted by molar-refractivity contribution is 0.395. The predicted molar refractivity (Wildman–Crippen MR) is 102 cm³/mol. The van der Waals surface area contributed by atoms with Gasteiger partial charge in [-0.05, 0) is 43.2 Å². The molecular weight excluding hydrogens is 348 g/mol. The molecule has 1 aliphatic rings. The molecule has 6 nitrogen and oxygen atoms in total. The molecular formula is C19H20N4O2S. The number of rotatable bonds is 5. The number of anilines is 1. The standard InChI is InChI=1S/C19H20N4O2S/c1-24-13-8-9-17(25-2)14(12-13)16-7-5-11-23(16)19-22-21-18(26-19)15-6-3-4-10-20-15/h3-4,6,8-10,12,16H,5,7,11H2,1-2H3/t16-/m1/s1. The quantitative estimate of drug-likeness (QED) is 0.679.